The summed E-state index contributed by atoms with van der Waals surface area (Å²) < 4.78 is 10.4. The van der Waals surface area contributed by atoms with Crippen molar-refractivity contribution in [2.45, 2.75) is 6.42 Å². The number of ether oxygens (including phenoxy) is 2. The van der Waals surface area contributed by atoms with Crippen LogP contribution < -0.4 is 5.73 Å². The number of para-hydroxylation sites is 1. The average molecular weight is 256 g/mol. The number of anilines is 1. The molecule has 1 aliphatic rings. The van der Waals surface area contributed by atoms with Gasteiger partial charge in [-0.3, -0.25) is 0 Å². The molecular weight excluding hydrogens is 242 g/mol. The van der Waals surface area contributed by atoms with E-state index in [0.717, 1.165) is 13.0 Å². The largest absolute Gasteiger partial charge is 0.462 e. The summed E-state index contributed by atoms with van der Waals surface area (Å²) in [6, 6.07) is 4.92. The van der Waals surface area contributed by atoms with Gasteiger partial charge < -0.3 is 15.2 Å². The second kappa shape index (κ2) is 5.38. The molecule has 1 aromatic carbocycles. The van der Waals surface area contributed by atoms with Crippen LogP contribution in [0, 0.1) is 5.92 Å². The number of hydrogen-bond donors (Lipinski definition) is 1. The van der Waals surface area contributed by atoms with Crippen LogP contribution in [0.15, 0.2) is 18.2 Å². The molecule has 0 spiro atoms. The quantitative estimate of drug-likeness (QED) is 0.664. The van der Waals surface area contributed by atoms with Gasteiger partial charge in [-0.1, -0.05) is 17.7 Å². The van der Waals surface area contributed by atoms with E-state index in [1.807, 2.05) is 0 Å². The van der Waals surface area contributed by atoms with Gasteiger partial charge in [-0.15, -0.1) is 0 Å². The number of nitrogen functional groups attached to an aromatic ring is 1. The van der Waals surface area contributed by atoms with Crippen LogP contribution in [0.5, 0.6) is 0 Å². The smallest absolute Gasteiger partial charge is 0.340 e. The molecule has 1 atom stereocenters. The number of hydrogen-bond acceptors (Lipinski definition) is 4. The van der Waals surface area contributed by atoms with Crippen LogP contribution in [-0.4, -0.2) is 25.8 Å². The van der Waals surface area contributed by atoms with E-state index >= 15 is 0 Å². The first-order valence-corrected chi connectivity index (χ1v) is 5.85. The maximum Gasteiger partial charge on any atom is 0.340 e. The highest BCUT2D eigenvalue weighted by Crippen LogP contribution is 2.23. The monoisotopic (exact) mass is 255 g/mol. The number of nitrogens with two attached hydrogens (primary N) is 1. The van der Waals surface area contributed by atoms with Crippen molar-refractivity contribution in [3.63, 3.8) is 0 Å². The van der Waals surface area contributed by atoms with E-state index in [9.17, 15) is 4.79 Å². The minimum Gasteiger partial charge on any atom is -0.462 e. The third kappa shape index (κ3) is 2.90. The Morgan fingerprint density at radius 1 is 1.59 bits per heavy atom. The number of halogens is 1. The predicted molar refractivity (Wildman–Crippen MR) is 65.1 cm³/mol. The highest BCUT2D eigenvalue weighted by Gasteiger charge is 2.19. The van der Waals surface area contributed by atoms with Crippen molar-refractivity contribution in [1.82, 2.24) is 0 Å². The van der Waals surface area contributed by atoms with E-state index < -0.39 is 5.97 Å². The highest BCUT2D eigenvalue weighted by molar-refractivity contribution is 6.33. The summed E-state index contributed by atoms with van der Waals surface area (Å²) in [7, 11) is 0. The molecule has 17 heavy (non-hydrogen) atoms. The van der Waals surface area contributed by atoms with E-state index in [-0.39, 0.29) is 5.69 Å². The molecule has 2 N–H and O–H groups in total. The zero-order valence-corrected chi connectivity index (χ0v) is 10.1. The molecule has 2 rings (SSSR count). The van der Waals surface area contributed by atoms with Gasteiger partial charge in [0.2, 0.25) is 0 Å². The van der Waals surface area contributed by atoms with Gasteiger partial charge in [0.15, 0.2) is 0 Å². The van der Waals surface area contributed by atoms with Crippen molar-refractivity contribution < 1.29 is 14.3 Å². The summed E-state index contributed by atoms with van der Waals surface area (Å²) in [5.41, 5.74) is 6.29. The maximum atomic E-state index is 11.8. The Kier molecular flexibility index (Phi) is 3.86. The lowest BCUT2D eigenvalue weighted by atomic mass is 10.1. The minimum atomic E-state index is -0.433. The molecule has 92 valence electrons. The molecule has 1 aromatic rings. The zero-order valence-electron chi connectivity index (χ0n) is 9.32. The molecule has 0 bridgehead atoms. The topological polar surface area (TPSA) is 61.6 Å². The van der Waals surface area contributed by atoms with Crippen LogP contribution >= 0.6 is 11.6 Å². The van der Waals surface area contributed by atoms with E-state index in [2.05, 4.69) is 0 Å². The van der Waals surface area contributed by atoms with Crippen LogP contribution in [0.25, 0.3) is 0 Å². The van der Waals surface area contributed by atoms with Crippen LogP contribution in [0.2, 0.25) is 5.02 Å². The molecule has 0 amide bonds. The molecule has 1 heterocycles. The Labute approximate surface area is 105 Å². The fraction of sp³-hybridized carbons (Fsp3) is 0.417. The fourth-order valence-corrected chi connectivity index (χ4v) is 1.88. The normalized spacial score (nSPS) is 19.2. The van der Waals surface area contributed by atoms with Crippen LogP contribution in [0.3, 0.4) is 0 Å². The lowest BCUT2D eigenvalue weighted by Gasteiger charge is -2.10. The highest BCUT2D eigenvalue weighted by atomic mass is 35.5. The van der Waals surface area contributed by atoms with Gasteiger partial charge in [-0.2, -0.15) is 0 Å². The SMILES string of the molecule is Nc1c(Cl)cccc1C(=O)OCC1CCOC1. The van der Waals surface area contributed by atoms with Crippen LogP contribution in [0.1, 0.15) is 16.8 Å². The van der Waals surface area contributed by atoms with Crippen LogP contribution in [0.4, 0.5) is 5.69 Å². The first-order chi connectivity index (χ1) is 8.18. The molecule has 0 radical (unpaired) electrons. The van der Waals surface area contributed by atoms with E-state index in [0.29, 0.717) is 29.7 Å². The maximum absolute atomic E-state index is 11.8. The summed E-state index contributed by atoms with van der Waals surface area (Å²) in [4.78, 5) is 11.8. The summed E-state index contributed by atoms with van der Waals surface area (Å²) >= 11 is 5.83. The van der Waals surface area contributed by atoms with Crippen molar-refractivity contribution in [2.75, 3.05) is 25.6 Å². The molecule has 0 aromatic heterocycles. The number of rotatable bonds is 3. The average Bonchev–Trinajstić information content (AvgIpc) is 2.82. The second-order valence-corrected chi connectivity index (χ2v) is 4.44. The number of esters is 1. The standard InChI is InChI=1S/C12H14ClNO3/c13-10-3-1-2-9(11(10)14)12(15)17-7-8-4-5-16-6-8/h1-3,8H,4-7,14H2. The Morgan fingerprint density at radius 3 is 3.12 bits per heavy atom. The van der Waals surface area contributed by atoms with Crippen molar-refractivity contribution >= 4 is 23.3 Å². The van der Waals surface area contributed by atoms with Crippen molar-refractivity contribution in [3.8, 4) is 0 Å². The zero-order chi connectivity index (χ0) is 12.3. The van der Waals surface area contributed by atoms with Gasteiger partial charge in [0.1, 0.15) is 0 Å². The Bertz CT molecular complexity index is 416. The Hall–Kier alpha value is -1.26. The Balaban J connectivity index is 1.97. The first kappa shape index (κ1) is 12.2. The molecular formula is C12H14ClNO3. The summed E-state index contributed by atoms with van der Waals surface area (Å²) in [5, 5.41) is 0.364. The van der Waals surface area contributed by atoms with Gasteiger partial charge in [0.05, 0.1) is 29.5 Å². The van der Waals surface area contributed by atoms with Gasteiger partial charge in [-0.05, 0) is 18.6 Å². The minimum absolute atomic E-state index is 0.266. The van der Waals surface area contributed by atoms with Gasteiger partial charge in [0, 0.05) is 12.5 Å². The first-order valence-electron chi connectivity index (χ1n) is 5.47. The number of benzene rings is 1. The lowest BCUT2D eigenvalue weighted by molar-refractivity contribution is 0.0429. The van der Waals surface area contributed by atoms with Gasteiger partial charge >= 0.3 is 5.97 Å². The van der Waals surface area contributed by atoms with Crippen molar-refractivity contribution in [1.29, 1.82) is 0 Å². The van der Waals surface area contributed by atoms with Crippen molar-refractivity contribution in [3.05, 3.63) is 28.8 Å². The molecule has 1 saturated heterocycles. The van der Waals surface area contributed by atoms with Gasteiger partial charge in [0.25, 0.3) is 0 Å². The predicted octanol–water partition coefficient (Wildman–Crippen LogP) is 2.12. The van der Waals surface area contributed by atoms with Gasteiger partial charge in [-0.25, -0.2) is 4.79 Å². The third-order valence-corrected chi connectivity index (χ3v) is 3.08. The van der Waals surface area contributed by atoms with E-state index in [4.69, 9.17) is 26.8 Å². The fourth-order valence-electron chi connectivity index (χ4n) is 1.70. The summed E-state index contributed by atoms with van der Waals surface area (Å²) in [6.45, 7) is 1.75. The molecule has 5 heteroatoms. The molecule has 4 nitrogen and oxygen atoms in total. The molecule has 1 aliphatic heterocycles. The third-order valence-electron chi connectivity index (χ3n) is 2.75. The number of carbonyl (C=O) groups excluding carboxylic acids is 1. The van der Waals surface area contributed by atoms with E-state index in [1.54, 1.807) is 18.2 Å². The number of carbonyl (C=O) groups is 1. The van der Waals surface area contributed by atoms with E-state index in [1.165, 1.54) is 0 Å². The molecule has 0 saturated carbocycles. The lowest BCUT2D eigenvalue weighted by Crippen LogP contribution is -2.15. The molecule has 1 fully saturated rings. The summed E-state index contributed by atoms with van der Waals surface area (Å²) in [6.07, 6.45) is 0.929. The molecule has 0 aliphatic carbocycles. The summed E-state index contributed by atoms with van der Waals surface area (Å²) in [5.74, 6) is -0.142. The second-order valence-electron chi connectivity index (χ2n) is 4.03. The molecule has 1 unspecified atom stereocenters. The van der Waals surface area contributed by atoms with Crippen LogP contribution in [-0.2, 0) is 9.47 Å². The Morgan fingerprint density at radius 2 is 2.41 bits per heavy atom. The van der Waals surface area contributed by atoms with Crippen molar-refractivity contribution in [2.24, 2.45) is 5.92 Å².